The van der Waals surface area contributed by atoms with Gasteiger partial charge in [-0.1, -0.05) is 0 Å². The molecular formula is C25H15NOSe. The predicted octanol–water partition coefficient (Wildman–Crippen LogP) is 6.53. The van der Waals surface area contributed by atoms with Crippen LogP contribution in [0.5, 0.6) is 0 Å². The van der Waals surface area contributed by atoms with Crippen LogP contribution in [-0.2, 0) is 0 Å². The molecule has 0 saturated carbocycles. The zero-order chi connectivity index (χ0) is 18.5. The second-order valence-corrected chi connectivity index (χ2v) is 9.01. The van der Waals surface area contributed by atoms with Crippen molar-refractivity contribution in [2.45, 2.75) is 0 Å². The summed E-state index contributed by atoms with van der Waals surface area (Å²) in [6, 6.07) is 31.7. The molecule has 3 aromatic heterocycles. The van der Waals surface area contributed by atoms with E-state index in [9.17, 15) is 0 Å². The van der Waals surface area contributed by atoms with Crippen LogP contribution in [-0.4, -0.2) is 19.5 Å². The van der Waals surface area contributed by atoms with E-state index in [4.69, 9.17) is 9.40 Å². The van der Waals surface area contributed by atoms with Gasteiger partial charge in [-0.25, -0.2) is 0 Å². The van der Waals surface area contributed by atoms with Crippen LogP contribution in [0, 0.1) is 0 Å². The zero-order valence-electron chi connectivity index (χ0n) is 14.9. The van der Waals surface area contributed by atoms with Gasteiger partial charge in [0.05, 0.1) is 0 Å². The first-order valence-electron chi connectivity index (χ1n) is 9.23. The molecule has 3 heteroatoms. The van der Waals surface area contributed by atoms with Crippen LogP contribution in [0.1, 0.15) is 0 Å². The maximum absolute atomic E-state index is 6.20. The Morgan fingerprint density at radius 2 is 1.54 bits per heavy atom. The molecule has 132 valence electrons. The molecule has 0 radical (unpaired) electrons. The summed E-state index contributed by atoms with van der Waals surface area (Å²) >= 11 is 0.217. The van der Waals surface area contributed by atoms with E-state index >= 15 is 0 Å². The van der Waals surface area contributed by atoms with E-state index in [1.807, 2.05) is 12.1 Å². The Morgan fingerprint density at radius 3 is 2.46 bits per heavy atom. The molecule has 6 rings (SSSR count). The molecule has 0 aliphatic heterocycles. The molecule has 0 aliphatic rings. The zero-order valence-corrected chi connectivity index (χ0v) is 16.6. The number of nitrogens with zero attached hydrogens (tertiary/aromatic N) is 1. The second-order valence-electron chi connectivity index (χ2n) is 6.85. The van der Waals surface area contributed by atoms with Gasteiger partial charge in [0.1, 0.15) is 0 Å². The molecule has 0 saturated heterocycles. The van der Waals surface area contributed by atoms with Crippen molar-refractivity contribution in [2.24, 2.45) is 0 Å². The van der Waals surface area contributed by atoms with E-state index in [1.165, 1.54) is 19.8 Å². The van der Waals surface area contributed by atoms with Crippen molar-refractivity contribution >= 4 is 46.2 Å². The summed E-state index contributed by atoms with van der Waals surface area (Å²) in [5.41, 5.74) is 5.16. The first-order valence-corrected chi connectivity index (χ1v) is 10.9. The standard InChI is InChI=1S/C25H15NOSe/c1-2-7-16(8-3-1)23-15-17-13-14-21(26-25(17)28-23)20-11-6-10-19-18-9-4-5-12-22(18)27-24(19)20/h1-15H. The fourth-order valence-corrected chi connectivity index (χ4v) is 5.94. The maximum atomic E-state index is 6.20. The third-order valence-electron chi connectivity index (χ3n) is 5.12. The molecule has 3 aromatic carbocycles. The fraction of sp³-hybridized carbons (Fsp3) is 0. The average molecular weight is 424 g/mol. The monoisotopic (exact) mass is 425 g/mol. The minimum atomic E-state index is 0.217. The summed E-state index contributed by atoms with van der Waals surface area (Å²) in [6.07, 6.45) is 0. The van der Waals surface area contributed by atoms with Crippen molar-refractivity contribution in [2.75, 3.05) is 0 Å². The molecular weight excluding hydrogens is 409 g/mol. The van der Waals surface area contributed by atoms with Crippen molar-refractivity contribution in [1.29, 1.82) is 0 Å². The third-order valence-corrected chi connectivity index (χ3v) is 7.42. The Balaban J connectivity index is 1.55. The van der Waals surface area contributed by atoms with E-state index in [-0.39, 0.29) is 14.5 Å². The Hall–Kier alpha value is -3.13. The number of hydrogen-bond donors (Lipinski definition) is 0. The number of benzene rings is 3. The topological polar surface area (TPSA) is 26.0 Å². The molecule has 0 spiro atoms. The quantitative estimate of drug-likeness (QED) is 0.296. The van der Waals surface area contributed by atoms with Gasteiger partial charge in [-0.15, -0.1) is 0 Å². The van der Waals surface area contributed by atoms with Crippen LogP contribution in [0.25, 0.3) is 53.0 Å². The molecule has 2 nitrogen and oxygen atoms in total. The number of furan rings is 1. The number of hydrogen-bond acceptors (Lipinski definition) is 2. The molecule has 0 atom stereocenters. The minimum absolute atomic E-state index is 0.217. The average Bonchev–Trinajstić information content (AvgIpc) is 3.35. The first kappa shape index (κ1) is 15.9. The SMILES string of the molecule is c1ccc(-c2cc3ccc(-c4cccc5c4oc4ccccc45)nc3[se]2)cc1. The Bertz CT molecular complexity index is 1460. The number of para-hydroxylation sites is 2. The summed E-state index contributed by atoms with van der Waals surface area (Å²) in [6.45, 7) is 0. The van der Waals surface area contributed by atoms with Crippen molar-refractivity contribution in [3.05, 3.63) is 91.0 Å². The van der Waals surface area contributed by atoms with Gasteiger partial charge in [-0.05, 0) is 0 Å². The summed E-state index contributed by atoms with van der Waals surface area (Å²) in [7, 11) is 0. The molecule has 0 N–H and O–H groups in total. The van der Waals surface area contributed by atoms with Crippen LogP contribution < -0.4 is 0 Å². The fourth-order valence-electron chi connectivity index (χ4n) is 3.76. The summed E-state index contributed by atoms with van der Waals surface area (Å²) in [4.78, 5) is 5.04. The first-order chi connectivity index (χ1) is 13.9. The van der Waals surface area contributed by atoms with Crippen LogP contribution in [0.3, 0.4) is 0 Å². The van der Waals surface area contributed by atoms with E-state index in [1.54, 1.807) is 0 Å². The molecule has 0 bridgehead atoms. The number of aromatic nitrogens is 1. The van der Waals surface area contributed by atoms with E-state index in [0.29, 0.717) is 0 Å². The molecule has 6 aromatic rings. The van der Waals surface area contributed by atoms with E-state index < -0.39 is 0 Å². The van der Waals surface area contributed by atoms with Gasteiger partial charge in [-0.3, -0.25) is 0 Å². The van der Waals surface area contributed by atoms with Gasteiger partial charge in [0, 0.05) is 0 Å². The van der Waals surface area contributed by atoms with Gasteiger partial charge in [0.15, 0.2) is 0 Å². The van der Waals surface area contributed by atoms with Gasteiger partial charge >= 0.3 is 168 Å². The van der Waals surface area contributed by atoms with Gasteiger partial charge in [0.25, 0.3) is 0 Å². The van der Waals surface area contributed by atoms with Crippen LogP contribution in [0.2, 0.25) is 0 Å². The molecule has 0 fully saturated rings. The molecule has 0 amide bonds. The van der Waals surface area contributed by atoms with Gasteiger partial charge in [-0.2, -0.15) is 0 Å². The molecule has 28 heavy (non-hydrogen) atoms. The van der Waals surface area contributed by atoms with Gasteiger partial charge in [0.2, 0.25) is 0 Å². The Morgan fingerprint density at radius 1 is 0.714 bits per heavy atom. The molecule has 3 heterocycles. The van der Waals surface area contributed by atoms with Crippen molar-refractivity contribution in [3.63, 3.8) is 0 Å². The van der Waals surface area contributed by atoms with Crippen LogP contribution in [0.4, 0.5) is 0 Å². The second kappa shape index (κ2) is 6.20. The third kappa shape index (κ3) is 2.45. The number of fused-ring (bicyclic) bond motifs is 4. The Kier molecular flexibility index (Phi) is 3.52. The normalized spacial score (nSPS) is 11.6. The summed E-state index contributed by atoms with van der Waals surface area (Å²) < 4.78 is 8.78. The Labute approximate surface area is 167 Å². The van der Waals surface area contributed by atoms with Crippen LogP contribution >= 0.6 is 0 Å². The van der Waals surface area contributed by atoms with E-state index in [2.05, 4.69) is 78.9 Å². The summed E-state index contributed by atoms with van der Waals surface area (Å²) in [5.74, 6) is 0. The van der Waals surface area contributed by atoms with Crippen molar-refractivity contribution < 1.29 is 4.42 Å². The van der Waals surface area contributed by atoms with Gasteiger partial charge < -0.3 is 0 Å². The predicted molar refractivity (Wildman–Crippen MR) is 117 cm³/mol. The van der Waals surface area contributed by atoms with Crippen molar-refractivity contribution in [1.82, 2.24) is 4.98 Å². The molecule has 0 unspecified atom stereocenters. The summed E-state index contributed by atoms with van der Waals surface area (Å²) in [5, 5.41) is 3.53. The number of pyridine rings is 1. The van der Waals surface area contributed by atoms with Crippen LogP contribution in [0.15, 0.2) is 95.4 Å². The molecule has 0 aliphatic carbocycles. The van der Waals surface area contributed by atoms with E-state index in [0.717, 1.165) is 33.2 Å². The van der Waals surface area contributed by atoms with Crippen molar-refractivity contribution in [3.8, 4) is 21.3 Å². The number of rotatable bonds is 2.